The van der Waals surface area contributed by atoms with Crippen LogP contribution in [0, 0.1) is 5.41 Å². The van der Waals surface area contributed by atoms with Gasteiger partial charge in [0.05, 0.1) is 0 Å². The summed E-state index contributed by atoms with van der Waals surface area (Å²) in [5.41, 5.74) is -1.19. The molecule has 1 unspecified atom stereocenters. The molecule has 1 fully saturated rings. The number of amides is 2. The molecule has 2 amide bonds. The van der Waals surface area contributed by atoms with Crippen LogP contribution in [0.3, 0.4) is 0 Å². The van der Waals surface area contributed by atoms with Crippen LogP contribution in [0.15, 0.2) is 0 Å². The van der Waals surface area contributed by atoms with Crippen molar-refractivity contribution in [2.75, 3.05) is 19.8 Å². The van der Waals surface area contributed by atoms with E-state index in [4.69, 9.17) is 9.84 Å². The van der Waals surface area contributed by atoms with Gasteiger partial charge >= 0.3 is 12.0 Å². The van der Waals surface area contributed by atoms with Gasteiger partial charge in [0.1, 0.15) is 5.54 Å². The van der Waals surface area contributed by atoms with Gasteiger partial charge in [-0.25, -0.2) is 9.59 Å². The van der Waals surface area contributed by atoms with Crippen molar-refractivity contribution in [3.63, 3.8) is 0 Å². The number of hydrogen-bond donors (Lipinski definition) is 3. The van der Waals surface area contributed by atoms with Crippen molar-refractivity contribution in [1.82, 2.24) is 10.6 Å². The highest BCUT2D eigenvalue weighted by Crippen LogP contribution is 2.28. The average Bonchev–Trinajstić information content (AvgIpc) is 2.37. The molecule has 0 bridgehead atoms. The zero-order valence-corrected chi connectivity index (χ0v) is 11.9. The third kappa shape index (κ3) is 4.38. The van der Waals surface area contributed by atoms with E-state index in [0.717, 1.165) is 12.8 Å². The summed E-state index contributed by atoms with van der Waals surface area (Å²) >= 11 is 0. The first-order valence-electron chi connectivity index (χ1n) is 6.68. The van der Waals surface area contributed by atoms with E-state index in [1.54, 1.807) is 6.92 Å². The fraction of sp³-hybridized carbons (Fsp3) is 0.846. The van der Waals surface area contributed by atoms with Crippen LogP contribution >= 0.6 is 0 Å². The molecular formula is C13H24N2O4. The van der Waals surface area contributed by atoms with E-state index < -0.39 is 17.5 Å². The largest absolute Gasteiger partial charge is 0.480 e. The maximum Gasteiger partial charge on any atom is 0.329 e. The lowest BCUT2D eigenvalue weighted by atomic mass is 9.82. The molecule has 1 aliphatic heterocycles. The van der Waals surface area contributed by atoms with Crippen LogP contribution in [0.1, 0.15) is 40.0 Å². The Morgan fingerprint density at radius 3 is 2.42 bits per heavy atom. The summed E-state index contributed by atoms with van der Waals surface area (Å²) in [6.45, 7) is 7.29. The van der Waals surface area contributed by atoms with Crippen LogP contribution in [0.5, 0.6) is 0 Å². The van der Waals surface area contributed by atoms with Crippen LogP contribution in [0.4, 0.5) is 4.79 Å². The Morgan fingerprint density at radius 2 is 1.95 bits per heavy atom. The predicted molar refractivity (Wildman–Crippen MR) is 71.0 cm³/mol. The molecule has 1 aliphatic rings. The molecule has 1 atom stereocenters. The van der Waals surface area contributed by atoms with Crippen LogP contribution < -0.4 is 10.6 Å². The molecule has 6 nitrogen and oxygen atoms in total. The number of hydrogen-bond acceptors (Lipinski definition) is 3. The third-order valence-corrected chi connectivity index (χ3v) is 3.94. The van der Waals surface area contributed by atoms with Crippen molar-refractivity contribution in [1.29, 1.82) is 0 Å². The zero-order valence-electron chi connectivity index (χ0n) is 11.9. The van der Waals surface area contributed by atoms with Gasteiger partial charge in [-0.15, -0.1) is 0 Å². The van der Waals surface area contributed by atoms with Crippen LogP contribution in [-0.2, 0) is 9.53 Å². The Kier molecular flexibility index (Phi) is 5.17. The topological polar surface area (TPSA) is 87.7 Å². The summed E-state index contributed by atoms with van der Waals surface area (Å²) in [4.78, 5) is 22.9. The molecule has 0 aromatic carbocycles. The lowest BCUT2D eigenvalue weighted by Gasteiger charge is -2.34. The maximum absolute atomic E-state index is 11.8. The molecule has 0 aliphatic carbocycles. The van der Waals surface area contributed by atoms with Crippen LogP contribution in [-0.4, -0.2) is 42.4 Å². The molecule has 1 rings (SSSR count). The normalized spacial score (nSPS) is 21.2. The molecule has 110 valence electrons. The molecule has 0 spiro atoms. The summed E-state index contributed by atoms with van der Waals surface area (Å²) in [5, 5.41) is 14.4. The van der Waals surface area contributed by atoms with Crippen molar-refractivity contribution < 1.29 is 19.4 Å². The van der Waals surface area contributed by atoms with Crippen LogP contribution in [0.2, 0.25) is 0 Å². The van der Waals surface area contributed by atoms with Gasteiger partial charge in [-0.3, -0.25) is 0 Å². The molecule has 0 aromatic rings. The monoisotopic (exact) mass is 272 g/mol. The average molecular weight is 272 g/mol. The fourth-order valence-electron chi connectivity index (χ4n) is 1.92. The molecule has 6 heteroatoms. The zero-order chi connectivity index (χ0) is 14.5. The van der Waals surface area contributed by atoms with Crippen molar-refractivity contribution in [2.24, 2.45) is 5.41 Å². The first-order chi connectivity index (χ1) is 8.81. The number of carbonyl (C=O) groups is 2. The van der Waals surface area contributed by atoms with Gasteiger partial charge in [-0.1, -0.05) is 13.8 Å². The predicted octanol–water partition coefficient (Wildman–Crippen LogP) is 1.36. The Balaban J connectivity index is 2.45. The van der Waals surface area contributed by atoms with E-state index in [-0.39, 0.29) is 5.41 Å². The maximum atomic E-state index is 11.8. The summed E-state index contributed by atoms with van der Waals surface area (Å²) in [6, 6.07) is -0.431. The van der Waals surface area contributed by atoms with Gasteiger partial charge in [0.25, 0.3) is 0 Å². The van der Waals surface area contributed by atoms with Gasteiger partial charge in [-0.2, -0.15) is 0 Å². The Morgan fingerprint density at radius 1 is 1.37 bits per heavy atom. The smallest absolute Gasteiger partial charge is 0.329 e. The molecule has 1 saturated heterocycles. The first kappa shape index (κ1) is 15.8. The van der Waals surface area contributed by atoms with E-state index >= 15 is 0 Å². The number of aliphatic carboxylic acids is 1. The SMILES string of the molecule is CCC(C)(NC(=O)NCC1(C)CCOCC1)C(=O)O. The van der Waals surface area contributed by atoms with E-state index in [9.17, 15) is 9.59 Å². The summed E-state index contributed by atoms with van der Waals surface area (Å²) in [5.74, 6) is -1.03. The first-order valence-corrected chi connectivity index (χ1v) is 6.68. The highest BCUT2D eigenvalue weighted by molar-refractivity contribution is 5.85. The number of urea groups is 1. The Labute approximate surface area is 113 Å². The molecule has 0 aromatic heterocycles. The third-order valence-electron chi connectivity index (χ3n) is 3.94. The summed E-state index contributed by atoms with van der Waals surface area (Å²) < 4.78 is 5.30. The standard InChI is InChI=1S/C13H24N2O4/c1-4-13(3,10(16)17)15-11(18)14-9-12(2)5-7-19-8-6-12/h4-9H2,1-3H3,(H,16,17)(H2,14,15,18). The second-order valence-corrected chi connectivity index (χ2v) is 5.72. The number of carboxylic acids is 1. The number of nitrogens with one attached hydrogen (secondary N) is 2. The van der Waals surface area contributed by atoms with Gasteiger partial charge in [0.2, 0.25) is 0 Å². The van der Waals surface area contributed by atoms with Crippen molar-refractivity contribution in [2.45, 2.75) is 45.6 Å². The highest BCUT2D eigenvalue weighted by atomic mass is 16.5. The number of carbonyl (C=O) groups excluding carboxylic acids is 1. The van der Waals surface area contributed by atoms with Crippen molar-refractivity contribution in [3.05, 3.63) is 0 Å². The second-order valence-electron chi connectivity index (χ2n) is 5.72. The van der Waals surface area contributed by atoms with Gasteiger partial charge in [0.15, 0.2) is 0 Å². The summed E-state index contributed by atoms with van der Waals surface area (Å²) in [6.07, 6.45) is 2.13. The molecule has 0 radical (unpaired) electrons. The Hall–Kier alpha value is -1.30. The lowest BCUT2D eigenvalue weighted by Crippen LogP contribution is -2.56. The summed E-state index contributed by atoms with van der Waals surface area (Å²) in [7, 11) is 0. The number of ether oxygens (including phenoxy) is 1. The molecule has 3 N–H and O–H groups in total. The molecule has 0 saturated carbocycles. The molecule has 19 heavy (non-hydrogen) atoms. The van der Waals surface area contributed by atoms with E-state index in [1.807, 2.05) is 0 Å². The van der Waals surface area contributed by atoms with Crippen molar-refractivity contribution in [3.8, 4) is 0 Å². The number of rotatable bonds is 5. The molecular weight excluding hydrogens is 248 g/mol. The minimum atomic E-state index is -1.22. The van der Waals surface area contributed by atoms with Crippen LogP contribution in [0.25, 0.3) is 0 Å². The highest BCUT2D eigenvalue weighted by Gasteiger charge is 2.34. The minimum absolute atomic E-state index is 0.0292. The van der Waals surface area contributed by atoms with Gasteiger partial charge < -0.3 is 20.5 Å². The fourth-order valence-corrected chi connectivity index (χ4v) is 1.92. The second kappa shape index (κ2) is 6.23. The number of carboxylic acid groups (broad SMARTS) is 1. The van der Waals surface area contributed by atoms with Gasteiger partial charge in [-0.05, 0) is 31.6 Å². The van der Waals surface area contributed by atoms with Crippen molar-refractivity contribution >= 4 is 12.0 Å². The van der Waals surface area contributed by atoms with E-state index in [2.05, 4.69) is 17.6 Å². The minimum Gasteiger partial charge on any atom is -0.480 e. The quantitative estimate of drug-likeness (QED) is 0.705. The Bertz CT molecular complexity index is 340. The van der Waals surface area contributed by atoms with E-state index in [0.29, 0.717) is 26.2 Å². The molecule has 1 heterocycles. The lowest BCUT2D eigenvalue weighted by molar-refractivity contribution is -0.143. The van der Waals surface area contributed by atoms with E-state index in [1.165, 1.54) is 6.92 Å². The van der Waals surface area contributed by atoms with Gasteiger partial charge in [0, 0.05) is 19.8 Å².